The van der Waals surface area contributed by atoms with Gasteiger partial charge < -0.3 is 9.30 Å². The molecule has 0 bridgehead atoms. The van der Waals surface area contributed by atoms with Crippen molar-refractivity contribution < 1.29 is 14.1 Å². The Kier molecular flexibility index (Phi) is 7.76. The Hall–Kier alpha value is -0.300. The van der Waals surface area contributed by atoms with Crippen LogP contribution in [0.2, 0.25) is 0 Å². The van der Waals surface area contributed by atoms with Crippen LogP contribution in [0.15, 0.2) is 0 Å². The second kappa shape index (κ2) is 7.92. The van der Waals surface area contributed by atoms with Crippen molar-refractivity contribution in [3.8, 4) is 0 Å². The van der Waals surface area contributed by atoms with E-state index in [0.717, 1.165) is 18.7 Å². The van der Waals surface area contributed by atoms with Gasteiger partial charge in [0, 0.05) is 12.6 Å². The van der Waals surface area contributed by atoms with Crippen LogP contribution in [0.25, 0.3) is 0 Å². The van der Waals surface area contributed by atoms with Crippen molar-refractivity contribution in [3.63, 3.8) is 0 Å². The summed E-state index contributed by atoms with van der Waals surface area (Å²) in [6.45, 7) is 6.38. The van der Waals surface area contributed by atoms with Crippen molar-refractivity contribution in [2.45, 2.75) is 40.0 Å². The molecule has 0 aliphatic rings. The zero-order chi connectivity index (χ0) is 11.7. The van der Waals surface area contributed by atoms with Crippen molar-refractivity contribution in [1.82, 2.24) is 0 Å². The van der Waals surface area contributed by atoms with Gasteiger partial charge in [0.25, 0.3) is 0 Å². The molecule has 0 radical (unpaired) electrons. The molecule has 4 heteroatoms. The van der Waals surface area contributed by atoms with Crippen LogP contribution in [-0.4, -0.2) is 31.1 Å². The highest BCUT2D eigenvalue weighted by atomic mass is 31.2. The van der Waals surface area contributed by atoms with Gasteiger partial charge in [0.1, 0.15) is 0 Å². The number of hydrogen-bond donors (Lipinski definition) is 0. The van der Waals surface area contributed by atoms with Crippen molar-refractivity contribution in [3.05, 3.63) is 0 Å². The third-order valence-corrected chi connectivity index (χ3v) is 6.00. The van der Waals surface area contributed by atoms with Crippen LogP contribution < -0.4 is 0 Å². The Balaban J connectivity index is 3.69. The van der Waals surface area contributed by atoms with Gasteiger partial charge in [0.15, 0.2) is 0 Å². The third kappa shape index (κ3) is 6.72. The first-order valence-electron chi connectivity index (χ1n) is 5.80. The first-order chi connectivity index (χ1) is 7.08. The zero-order valence-electron chi connectivity index (χ0n) is 10.1. The van der Waals surface area contributed by atoms with Crippen LogP contribution in [-0.2, 0) is 14.1 Å². The summed E-state index contributed by atoms with van der Waals surface area (Å²) in [5, 5.41) is 0. The molecule has 0 aliphatic heterocycles. The lowest BCUT2D eigenvalue weighted by Gasteiger charge is -2.13. The molecule has 0 saturated carbocycles. The van der Waals surface area contributed by atoms with E-state index < -0.39 is 7.14 Å². The van der Waals surface area contributed by atoms with Crippen LogP contribution in [0.3, 0.4) is 0 Å². The Morgan fingerprint density at radius 1 is 1.20 bits per heavy atom. The highest BCUT2D eigenvalue weighted by Gasteiger charge is 2.16. The Morgan fingerprint density at radius 3 is 2.27 bits per heavy atom. The highest BCUT2D eigenvalue weighted by Crippen LogP contribution is 2.45. The van der Waals surface area contributed by atoms with Gasteiger partial charge in [-0.25, -0.2) is 0 Å². The fourth-order valence-corrected chi connectivity index (χ4v) is 3.15. The fourth-order valence-electron chi connectivity index (χ4n) is 1.34. The van der Waals surface area contributed by atoms with Gasteiger partial charge in [-0.3, -0.25) is 4.79 Å². The molecule has 0 rings (SSSR count). The molecule has 0 N–H and O–H groups in total. The third-order valence-electron chi connectivity index (χ3n) is 2.57. The summed E-state index contributed by atoms with van der Waals surface area (Å²) in [4.78, 5) is 11.2. The summed E-state index contributed by atoms with van der Waals surface area (Å²) in [5.41, 5.74) is 0. The maximum absolute atomic E-state index is 12.0. The summed E-state index contributed by atoms with van der Waals surface area (Å²) >= 11 is 0. The van der Waals surface area contributed by atoms with Gasteiger partial charge in [-0.05, 0) is 25.2 Å². The van der Waals surface area contributed by atoms with Crippen molar-refractivity contribution in [2.75, 3.05) is 25.1 Å². The van der Waals surface area contributed by atoms with E-state index in [4.69, 9.17) is 4.74 Å². The molecule has 0 atom stereocenters. The lowest BCUT2D eigenvalue weighted by Crippen LogP contribution is -2.06. The number of rotatable bonds is 8. The predicted molar refractivity (Wildman–Crippen MR) is 64.0 cm³/mol. The van der Waals surface area contributed by atoms with Crippen LogP contribution in [0, 0.1) is 0 Å². The Bertz CT molecular complexity index is 218. The monoisotopic (exact) mass is 234 g/mol. The van der Waals surface area contributed by atoms with Gasteiger partial charge in [0.2, 0.25) is 0 Å². The van der Waals surface area contributed by atoms with E-state index in [9.17, 15) is 9.36 Å². The van der Waals surface area contributed by atoms with Gasteiger partial charge in [0.05, 0.1) is 13.7 Å². The van der Waals surface area contributed by atoms with E-state index in [1.807, 2.05) is 20.8 Å². The van der Waals surface area contributed by atoms with Crippen molar-refractivity contribution in [1.29, 1.82) is 0 Å². The smallest absolute Gasteiger partial charge is 0.305 e. The molecule has 15 heavy (non-hydrogen) atoms. The molecular weight excluding hydrogens is 211 g/mol. The van der Waals surface area contributed by atoms with Crippen LogP contribution in [0.4, 0.5) is 0 Å². The highest BCUT2D eigenvalue weighted by molar-refractivity contribution is 7.63. The van der Waals surface area contributed by atoms with E-state index in [1.165, 1.54) is 0 Å². The largest absolute Gasteiger partial charge is 0.466 e. The minimum atomic E-state index is -1.97. The standard InChI is InChI=1S/C11H23O3P/c1-4-9-14-11(12)8-7-10-15(13,5-2)6-3/h4-10H2,1-3H3. The minimum Gasteiger partial charge on any atom is -0.466 e. The van der Waals surface area contributed by atoms with Crippen molar-refractivity contribution >= 4 is 13.1 Å². The van der Waals surface area contributed by atoms with Crippen molar-refractivity contribution in [2.24, 2.45) is 0 Å². The first-order valence-corrected chi connectivity index (χ1v) is 8.07. The second-order valence-electron chi connectivity index (χ2n) is 3.74. The number of carbonyl (C=O) groups is 1. The second-order valence-corrected chi connectivity index (χ2v) is 7.57. The molecule has 0 fully saturated rings. The Labute approximate surface area is 93.0 Å². The lowest BCUT2D eigenvalue weighted by molar-refractivity contribution is -0.143. The zero-order valence-corrected chi connectivity index (χ0v) is 11.0. The molecule has 0 saturated heterocycles. The van der Waals surface area contributed by atoms with Crippen LogP contribution in [0.1, 0.15) is 40.0 Å². The van der Waals surface area contributed by atoms with Gasteiger partial charge in [-0.2, -0.15) is 0 Å². The maximum atomic E-state index is 12.0. The molecule has 0 spiro atoms. The summed E-state index contributed by atoms with van der Waals surface area (Å²) in [6.07, 6.45) is 4.13. The fraction of sp³-hybridized carbons (Fsp3) is 0.909. The van der Waals surface area contributed by atoms with Gasteiger partial charge >= 0.3 is 5.97 Å². The normalized spacial score (nSPS) is 11.4. The number of esters is 1. The average molecular weight is 234 g/mol. The maximum Gasteiger partial charge on any atom is 0.305 e. The molecular formula is C11H23O3P. The summed E-state index contributed by atoms with van der Waals surface area (Å²) < 4.78 is 16.9. The van der Waals surface area contributed by atoms with E-state index in [-0.39, 0.29) is 5.97 Å². The minimum absolute atomic E-state index is 0.157. The predicted octanol–water partition coefficient (Wildman–Crippen LogP) is 3.12. The molecule has 0 aromatic heterocycles. The molecule has 0 amide bonds. The van der Waals surface area contributed by atoms with Crippen LogP contribution in [0.5, 0.6) is 0 Å². The number of carbonyl (C=O) groups excluding carboxylic acids is 1. The van der Waals surface area contributed by atoms with E-state index in [0.29, 0.717) is 25.6 Å². The van der Waals surface area contributed by atoms with Crippen LogP contribution >= 0.6 is 7.14 Å². The number of hydrogen-bond acceptors (Lipinski definition) is 3. The molecule has 0 heterocycles. The summed E-state index contributed by atoms with van der Waals surface area (Å²) in [7, 11) is -1.97. The van der Waals surface area contributed by atoms with E-state index in [2.05, 4.69) is 0 Å². The molecule has 3 nitrogen and oxygen atoms in total. The first kappa shape index (κ1) is 14.7. The van der Waals surface area contributed by atoms with Gasteiger partial charge in [-0.1, -0.05) is 20.8 Å². The number of ether oxygens (including phenoxy) is 1. The van der Waals surface area contributed by atoms with E-state index in [1.54, 1.807) is 0 Å². The molecule has 0 aromatic rings. The molecule has 0 aliphatic carbocycles. The summed E-state index contributed by atoms with van der Waals surface area (Å²) in [6, 6.07) is 0. The molecule has 90 valence electrons. The quantitative estimate of drug-likeness (QED) is 0.478. The summed E-state index contributed by atoms with van der Waals surface area (Å²) in [5.74, 6) is -0.157. The average Bonchev–Trinajstić information content (AvgIpc) is 2.26. The molecule has 0 unspecified atom stereocenters. The van der Waals surface area contributed by atoms with E-state index >= 15 is 0 Å². The Morgan fingerprint density at radius 2 is 1.80 bits per heavy atom. The SMILES string of the molecule is CCCOC(=O)CCCP(=O)(CC)CC. The lowest BCUT2D eigenvalue weighted by atomic mass is 10.3. The van der Waals surface area contributed by atoms with Gasteiger partial charge in [-0.15, -0.1) is 0 Å². The topological polar surface area (TPSA) is 43.4 Å². The molecule has 0 aromatic carbocycles.